The van der Waals surface area contributed by atoms with E-state index in [4.69, 9.17) is 9.26 Å². The number of ether oxygens (including phenoxy) is 1. The summed E-state index contributed by atoms with van der Waals surface area (Å²) in [6, 6.07) is 5.38. The molecule has 0 saturated heterocycles. The van der Waals surface area contributed by atoms with Gasteiger partial charge in [0.1, 0.15) is 11.9 Å². The summed E-state index contributed by atoms with van der Waals surface area (Å²) in [5.74, 6) is -0.398. The highest BCUT2D eigenvalue weighted by Gasteiger charge is 2.38. The SMILES string of the molecule is CCOC(=O)c1noc(C2CC2)c1C(=O)c1ccc(Br)cc1Cn1cnc(SC)n1. The van der Waals surface area contributed by atoms with Crippen LogP contribution in [0.25, 0.3) is 0 Å². The summed E-state index contributed by atoms with van der Waals surface area (Å²) < 4.78 is 13.0. The lowest BCUT2D eigenvalue weighted by atomic mass is 9.95. The molecular formula is C20H19BrN4O4S. The molecule has 1 fully saturated rings. The standard InChI is InChI=1S/C20H19BrN4O4S/c1-3-28-19(27)16-15(18(29-24-16)11-4-5-11)17(26)14-7-6-13(21)8-12(14)9-25-10-22-20(23-25)30-2/h6-8,10-11H,3-5,9H2,1-2H3. The van der Waals surface area contributed by atoms with Crippen LogP contribution in [0.3, 0.4) is 0 Å². The molecule has 10 heteroatoms. The van der Waals surface area contributed by atoms with Crippen molar-refractivity contribution in [1.29, 1.82) is 0 Å². The molecule has 0 radical (unpaired) electrons. The molecule has 4 rings (SSSR count). The van der Waals surface area contributed by atoms with Crippen LogP contribution in [-0.2, 0) is 11.3 Å². The Labute approximate surface area is 185 Å². The van der Waals surface area contributed by atoms with E-state index >= 15 is 0 Å². The summed E-state index contributed by atoms with van der Waals surface area (Å²) in [7, 11) is 0. The summed E-state index contributed by atoms with van der Waals surface area (Å²) in [5.41, 5.74) is 1.32. The molecule has 3 aromatic rings. The van der Waals surface area contributed by atoms with Gasteiger partial charge in [0.15, 0.2) is 11.5 Å². The van der Waals surface area contributed by atoms with Crippen molar-refractivity contribution in [2.45, 2.75) is 37.4 Å². The van der Waals surface area contributed by atoms with Crippen molar-refractivity contribution in [3.05, 3.63) is 57.1 Å². The Morgan fingerprint density at radius 1 is 1.37 bits per heavy atom. The second-order valence-electron chi connectivity index (χ2n) is 6.82. The van der Waals surface area contributed by atoms with E-state index in [1.807, 2.05) is 12.3 Å². The first-order valence-corrected chi connectivity index (χ1v) is 11.5. The van der Waals surface area contributed by atoms with Crippen molar-refractivity contribution >= 4 is 39.4 Å². The van der Waals surface area contributed by atoms with Gasteiger partial charge < -0.3 is 9.26 Å². The van der Waals surface area contributed by atoms with Gasteiger partial charge in [0.05, 0.1) is 13.2 Å². The molecule has 1 saturated carbocycles. The van der Waals surface area contributed by atoms with E-state index in [9.17, 15) is 9.59 Å². The van der Waals surface area contributed by atoms with Crippen molar-refractivity contribution in [3.8, 4) is 0 Å². The van der Waals surface area contributed by atoms with Crippen molar-refractivity contribution in [1.82, 2.24) is 19.9 Å². The fourth-order valence-electron chi connectivity index (χ4n) is 3.16. The molecule has 0 N–H and O–H groups in total. The average molecular weight is 491 g/mol. The third-order valence-corrected chi connectivity index (χ3v) is 5.75. The quantitative estimate of drug-likeness (QED) is 0.264. The number of rotatable bonds is 8. The summed E-state index contributed by atoms with van der Waals surface area (Å²) in [5, 5.41) is 8.91. The van der Waals surface area contributed by atoms with Gasteiger partial charge in [-0.05, 0) is 49.8 Å². The Morgan fingerprint density at radius 3 is 2.83 bits per heavy atom. The van der Waals surface area contributed by atoms with Gasteiger partial charge in [0.2, 0.25) is 10.9 Å². The third kappa shape index (κ3) is 4.20. The Hall–Kier alpha value is -2.46. The Morgan fingerprint density at radius 2 is 2.17 bits per heavy atom. The number of halogens is 1. The zero-order chi connectivity index (χ0) is 21.3. The van der Waals surface area contributed by atoms with E-state index in [1.54, 1.807) is 30.1 Å². The van der Waals surface area contributed by atoms with E-state index in [0.29, 0.717) is 23.0 Å². The predicted octanol–water partition coefficient (Wildman–Crippen LogP) is 4.08. The van der Waals surface area contributed by atoms with E-state index in [1.165, 1.54) is 11.8 Å². The highest BCUT2D eigenvalue weighted by molar-refractivity contribution is 9.10. The minimum Gasteiger partial charge on any atom is -0.461 e. The minimum absolute atomic E-state index is 0.0666. The molecule has 30 heavy (non-hydrogen) atoms. The van der Waals surface area contributed by atoms with Crippen LogP contribution in [0.1, 0.15) is 63.4 Å². The van der Waals surface area contributed by atoms with Gasteiger partial charge in [-0.2, -0.15) is 0 Å². The minimum atomic E-state index is -0.656. The lowest BCUT2D eigenvalue weighted by molar-refractivity contribution is 0.0512. The van der Waals surface area contributed by atoms with Gasteiger partial charge >= 0.3 is 5.97 Å². The highest BCUT2D eigenvalue weighted by Crippen LogP contribution is 2.43. The summed E-state index contributed by atoms with van der Waals surface area (Å²) in [4.78, 5) is 30.2. The van der Waals surface area contributed by atoms with Gasteiger partial charge in [-0.3, -0.25) is 4.79 Å². The largest absolute Gasteiger partial charge is 0.461 e. The molecule has 8 nitrogen and oxygen atoms in total. The molecule has 1 aliphatic carbocycles. The van der Waals surface area contributed by atoms with Gasteiger partial charge in [-0.25, -0.2) is 14.5 Å². The Balaban J connectivity index is 1.75. The van der Waals surface area contributed by atoms with Crippen LogP contribution >= 0.6 is 27.7 Å². The molecular weight excluding hydrogens is 472 g/mol. The van der Waals surface area contributed by atoms with Crippen LogP contribution in [-0.4, -0.2) is 44.5 Å². The van der Waals surface area contributed by atoms with Crippen LogP contribution in [0, 0.1) is 0 Å². The fourth-order valence-corrected chi connectivity index (χ4v) is 3.90. The Bertz CT molecular complexity index is 1110. The number of carbonyl (C=O) groups is 2. The second kappa shape index (κ2) is 8.73. The molecule has 0 spiro atoms. The number of aromatic nitrogens is 4. The van der Waals surface area contributed by atoms with Crippen LogP contribution < -0.4 is 0 Å². The number of benzene rings is 1. The molecule has 0 atom stereocenters. The zero-order valence-corrected chi connectivity index (χ0v) is 18.8. The number of esters is 1. The van der Waals surface area contributed by atoms with Crippen molar-refractivity contribution in [2.24, 2.45) is 0 Å². The van der Waals surface area contributed by atoms with Gasteiger partial charge in [0.25, 0.3) is 0 Å². The molecule has 0 unspecified atom stereocenters. The summed E-state index contributed by atoms with van der Waals surface area (Å²) >= 11 is 4.91. The van der Waals surface area contributed by atoms with Crippen LogP contribution in [0.4, 0.5) is 0 Å². The number of thioether (sulfide) groups is 1. The lowest BCUT2D eigenvalue weighted by Crippen LogP contribution is -2.15. The monoisotopic (exact) mass is 490 g/mol. The predicted molar refractivity (Wildman–Crippen MR) is 113 cm³/mol. The molecule has 0 aliphatic heterocycles. The zero-order valence-electron chi connectivity index (χ0n) is 16.4. The fraction of sp³-hybridized carbons (Fsp3) is 0.350. The smallest absolute Gasteiger partial charge is 0.361 e. The van der Waals surface area contributed by atoms with E-state index < -0.39 is 5.97 Å². The first-order valence-electron chi connectivity index (χ1n) is 9.45. The number of hydrogen-bond acceptors (Lipinski definition) is 8. The average Bonchev–Trinajstić information content (AvgIpc) is 3.31. The molecule has 2 heterocycles. The summed E-state index contributed by atoms with van der Waals surface area (Å²) in [6.45, 7) is 2.24. The van der Waals surface area contributed by atoms with Gasteiger partial charge in [-0.15, -0.1) is 5.10 Å². The normalized spacial score (nSPS) is 13.4. The maximum Gasteiger partial charge on any atom is 0.361 e. The first-order chi connectivity index (χ1) is 14.5. The molecule has 2 aromatic heterocycles. The number of ketones is 1. The van der Waals surface area contributed by atoms with E-state index in [0.717, 1.165) is 22.9 Å². The maximum atomic E-state index is 13.6. The van der Waals surface area contributed by atoms with Crippen molar-refractivity contribution < 1.29 is 18.8 Å². The van der Waals surface area contributed by atoms with Crippen LogP contribution in [0.5, 0.6) is 0 Å². The molecule has 1 aliphatic rings. The number of hydrogen-bond donors (Lipinski definition) is 0. The van der Waals surface area contributed by atoms with Crippen molar-refractivity contribution in [3.63, 3.8) is 0 Å². The summed E-state index contributed by atoms with van der Waals surface area (Å²) in [6.07, 6.45) is 5.33. The van der Waals surface area contributed by atoms with Gasteiger partial charge in [0, 0.05) is 16.0 Å². The van der Waals surface area contributed by atoms with E-state index in [2.05, 4.69) is 31.2 Å². The first kappa shape index (κ1) is 20.8. The molecule has 156 valence electrons. The number of carbonyl (C=O) groups excluding carboxylic acids is 2. The third-order valence-electron chi connectivity index (χ3n) is 4.70. The highest BCUT2D eigenvalue weighted by atomic mass is 79.9. The van der Waals surface area contributed by atoms with Crippen LogP contribution in [0.2, 0.25) is 0 Å². The van der Waals surface area contributed by atoms with Gasteiger partial charge in [-0.1, -0.05) is 32.8 Å². The molecule has 0 amide bonds. The number of nitrogens with zero attached hydrogens (tertiary/aromatic N) is 4. The molecule has 1 aromatic carbocycles. The van der Waals surface area contributed by atoms with Crippen molar-refractivity contribution in [2.75, 3.05) is 12.9 Å². The Kier molecular flexibility index (Phi) is 6.05. The molecule has 0 bridgehead atoms. The maximum absolute atomic E-state index is 13.6. The topological polar surface area (TPSA) is 100 Å². The lowest BCUT2D eigenvalue weighted by Gasteiger charge is -2.10. The van der Waals surface area contributed by atoms with E-state index in [-0.39, 0.29) is 29.6 Å². The second-order valence-corrected chi connectivity index (χ2v) is 8.51. The van der Waals surface area contributed by atoms with Crippen LogP contribution in [0.15, 0.2) is 38.7 Å².